The van der Waals surface area contributed by atoms with Crippen molar-refractivity contribution in [2.75, 3.05) is 13.7 Å². The maximum atomic E-state index is 9.71. The summed E-state index contributed by atoms with van der Waals surface area (Å²) in [4.78, 5) is 2.51. The highest BCUT2D eigenvalue weighted by atomic mass is 16.5. The Labute approximate surface area is 92.7 Å². The molecule has 1 rings (SSSR count). The SMILES string of the molecule is COc1ccc(C(O)C(O)CN=[N+]=[N-])cc1. The van der Waals surface area contributed by atoms with Gasteiger partial charge in [0, 0.05) is 4.91 Å². The van der Waals surface area contributed by atoms with E-state index in [-0.39, 0.29) is 6.54 Å². The molecule has 1 aromatic rings. The summed E-state index contributed by atoms with van der Waals surface area (Å²) >= 11 is 0. The molecule has 1 aromatic carbocycles. The predicted molar refractivity (Wildman–Crippen MR) is 58.0 cm³/mol. The van der Waals surface area contributed by atoms with E-state index in [2.05, 4.69) is 10.0 Å². The van der Waals surface area contributed by atoms with E-state index in [1.807, 2.05) is 0 Å². The third kappa shape index (κ3) is 3.13. The number of benzene rings is 1. The first-order chi connectivity index (χ1) is 7.69. The minimum Gasteiger partial charge on any atom is -0.497 e. The Bertz CT molecular complexity index is 373. The number of aliphatic hydroxyl groups is 2. The molecule has 0 bridgehead atoms. The van der Waals surface area contributed by atoms with Crippen LogP contribution in [-0.4, -0.2) is 30.0 Å². The number of hydrogen-bond donors (Lipinski definition) is 2. The molecule has 0 radical (unpaired) electrons. The van der Waals surface area contributed by atoms with Crippen LogP contribution in [0.4, 0.5) is 0 Å². The molecule has 0 saturated carbocycles. The van der Waals surface area contributed by atoms with Crippen molar-refractivity contribution in [3.8, 4) is 5.75 Å². The van der Waals surface area contributed by atoms with Gasteiger partial charge in [-0.2, -0.15) is 0 Å². The number of azide groups is 1. The Morgan fingerprint density at radius 2 is 2.00 bits per heavy atom. The zero-order chi connectivity index (χ0) is 12.0. The van der Waals surface area contributed by atoms with Gasteiger partial charge < -0.3 is 14.9 Å². The molecular weight excluding hydrogens is 210 g/mol. The molecule has 6 nitrogen and oxygen atoms in total. The van der Waals surface area contributed by atoms with Crippen molar-refractivity contribution < 1.29 is 14.9 Å². The number of nitrogens with zero attached hydrogens (tertiary/aromatic N) is 3. The molecule has 0 aliphatic carbocycles. The average molecular weight is 223 g/mol. The molecule has 0 spiro atoms. The number of aliphatic hydroxyl groups excluding tert-OH is 2. The fourth-order valence-corrected chi connectivity index (χ4v) is 1.24. The van der Waals surface area contributed by atoms with Gasteiger partial charge in [-0.15, -0.1) is 0 Å². The van der Waals surface area contributed by atoms with Gasteiger partial charge in [0.1, 0.15) is 11.9 Å². The Balaban J connectivity index is 2.71. The van der Waals surface area contributed by atoms with Crippen molar-refractivity contribution in [2.24, 2.45) is 5.11 Å². The van der Waals surface area contributed by atoms with Crippen molar-refractivity contribution in [2.45, 2.75) is 12.2 Å². The Hall–Kier alpha value is -1.75. The minimum absolute atomic E-state index is 0.163. The topological polar surface area (TPSA) is 98.5 Å². The highest BCUT2D eigenvalue weighted by Crippen LogP contribution is 2.20. The van der Waals surface area contributed by atoms with Gasteiger partial charge in [-0.3, -0.25) is 0 Å². The Kier molecular flexibility index (Phi) is 4.60. The lowest BCUT2D eigenvalue weighted by molar-refractivity contribution is 0.0244. The lowest BCUT2D eigenvalue weighted by atomic mass is 10.0. The van der Waals surface area contributed by atoms with Gasteiger partial charge in [-0.05, 0) is 23.2 Å². The van der Waals surface area contributed by atoms with Crippen LogP contribution >= 0.6 is 0 Å². The third-order valence-electron chi connectivity index (χ3n) is 2.15. The molecule has 0 aliphatic heterocycles. The van der Waals surface area contributed by atoms with E-state index in [0.29, 0.717) is 11.3 Å². The molecule has 0 saturated heterocycles. The monoisotopic (exact) mass is 223 g/mol. The first kappa shape index (κ1) is 12.3. The lowest BCUT2D eigenvalue weighted by Crippen LogP contribution is -2.21. The van der Waals surface area contributed by atoms with Crippen molar-refractivity contribution in [1.82, 2.24) is 0 Å². The zero-order valence-electron chi connectivity index (χ0n) is 8.82. The second-order valence-corrected chi connectivity index (χ2v) is 3.20. The first-order valence-electron chi connectivity index (χ1n) is 4.70. The number of rotatable bonds is 5. The van der Waals surface area contributed by atoms with Crippen LogP contribution < -0.4 is 4.74 Å². The largest absolute Gasteiger partial charge is 0.497 e. The predicted octanol–water partition coefficient (Wildman–Crippen LogP) is 1.40. The summed E-state index contributed by atoms with van der Waals surface area (Å²) in [6, 6.07) is 6.64. The van der Waals surface area contributed by atoms with Crippen molar-refractivity contribution in [1.29, 1.82) is 0 Å². The highest BCUT2D eigenvalue weighted by Gasteiger charge is 2.17. The second-order valence-electron chi connectivity index (χ2n) is 3.20. The van der Waals surface area contributed by atoms with Crippen LogP contribution in [-0.2, 0) is 0 Å². The molecule has 2 unspecified atom stereocenters. The summed E-state index contributed by atoms with van der Waals surface area (Å²) in [5.41, 5.74) is 8.63. The van der Waals surface area contributed by atoms with E-state index < -0.39 is 12.2 Å². The Morgan fingerprint density at radius 3 is 2.50 bits per heavy atom. The summed E-state index contributed by atoms with van der Waals surface area (Å²) in [7, 11) is 1.54. The van der Waals surface area contributed by atoms with Crippen molar-refractivity contribution >= 4 is 0 Å². The number of hydrogen-bond acceptors (Lipinski definition) is 4. The van der Waals surface area contributed by atoms with Gasteiger partial charge in [0.25, 0.3) is 0 Å². The maximum absolute atomic E-state index is 9.71. The van der Waals surface area contributed by atoms with Crippen molar-refractivity contribution in [3.63, 3.8) is 0 Å². The normalized spacial score (nSPS) is 13.7. The number of methoxy groups -OCH3 is 1. The molecule has 0 fully saturated rings. The first-order valence-corrected chi connectivity index (χ1v) is 4.70. The fraction of sp³-hybridized carbons (Fsp3) is 0.400. The van der Waals surface area contributed by atoms with Crippen LogP contribution in [0.1, 0.15) is 11.7 Å². The molecule has 0 aliphatic rings. The molecular formula is C10H13N3O3. The van der Waals surface area contributed by atoms with Crippen LogP contribution in [0.15, 0.2) is 29.4 Å². The summed E-state index contributed by atoms with van der Waals surface area (Å²) in [6.45, 7) is -0.163. The lowest BCUT2D eigenvalue weighted by Gasteiger charge is -2.16. The Morgan fingerprint density at radius 1 is 1.38 bits per heavy atom. The standard InChI is InChI=1S/C10H13N3O3/c1-16-8-4-2-7(3-5-8)10(15)9(14)6-12-13-11/h2-5,9-10,14-15H,6H2,1H3. The molecule has 86 valence electrons. The van der Waals surface area contributed by atoms with Crippen molar-refractivity contribution in [3.05, 3.63) is 40.3 Å². The molecule has 2 atom stereocenters. The quantitative estimate of drug-likeness (QED) is 0.448. The van der Waals surface area contributed by atoms with Crippen LogP contribution in [0.3, 0.4) is 0 Å². The summed E-state index contributed by atoms with van der Waals surface area (Å²) < 4.78 is 4.96. The van der Waals surface area contributed by atoms with Crippen LogP contribution in [0.25, 0.3) is 10.4 Å². The summed E-state index contributed by atoms with van der Waals surface area (Å²) in [5, 5.41) is 22.4. The van der Waals surface area contributed by atoms with E-state index in [0.717, 1.165) is 0 Å². The molecule has 16 heavy (non-hydrogen) atoms. The summed E-state index contributed by atoms with van der Waals surface area (Å²) in [5.74, 6) is 0.667. The molecule has 0 heterocycles. The molecule has 2 N–H and O–H groups in total. The molecule has 0 amide bonds. The van der Waals surface area contributed by atoms with E-state index in [1.165, 1.54) is 0 Å². The maximum Gasteiger partial charge on any atom is 0.118 e. The van der Waals surface area contributed by atoms with Crippen LogP contribution in [0.2, 0.25) is 0 Å². The van der Waals surface area contributed by atoms with Crippen LogP contribution in [0.5, 0.6) is 5.75 Å². The van der Waals surface area contributed by atoms with E-state index in [1.54, 1.807) is 31.4 Å². The highest BCUT2D eigenvalue weighted by molar-refractivity contribution is 5.28. The molecule has 6 heteroatoms. The molecule has 0 aromatic heterocycles. The van der Waals surface area contributed by atoms with Gasteiger partial charge in [0.15, 0.2) is 0 Å². The average Bonchev–Trinajstić information content (AvgIpc) is 2.35. The van der Waals surface area contributed by atoms with Gasteiger partial charge in [0.2, 0.25) is 0 Å². The second kappa shape index (κ2) is 5.97. The van der Waals surface area contributed by atoms with Gasteiger partial charge >= 0.3 is 0 Å². The van der Waals surface area contributed by atoms with E-state index >= 15 is 0 Å². The van der Waals surface area contributed by atoms with E-state index in [9.17, 15) is 10.2 Å². The fourth-order valence-electron chi connectivity index (χ4n) is 1.24. The number of ether oxygens (including phenoxy) is 1. The third-order valence-corrected chi connectivity index (χ3v) is 2.15. The van der Waals surface area contributed by atoms with Gasteiger partial charge in [-0.1, -0.05) is 17.2 Å². The minimum atomic E-state index is -1.11. The van der Waals surface area contributed by atoms with Crippen LogP contribution in [0, 0.1) is 0 Å². The summed E-state index contributed by atoms with van der Waals surface area (Å²) in [6.07, 6.45) is -2.18. The van der Waals surface area contributed by atoms with E-state index in [4.69, 9.17) is 10.3 Å². The van der Waals surface area contributed by atoms with Gasteiger partial charge in [-0.25, -0.2) is 0 Å². The smallest absolute Gasteiger partial charge is 0.118 e. The van der Waals surface area contributed by atoms with Gasteiger partial charge in [0.05, 0.1) is 19.8 Å². The zero-order valence-corrected chi connectivity index (χ0v) is 8.82.